The molecule has 1 aromatic carbocycles. The van der Waals surface area contributed by atoms with Crippen molar-refractivity contribution in [2.45, 2.75) is 46.6 Å². The first kappa shape index (κ1) is 14.6. The molecule has 0 aliphatic carbocycles. The minimum absolute atomic E-state index is 0.0915. The summed E-state index contributed by atoms with van der Waals surface area (Å²) in [5.41, 5.74) is 3.72. The van der Waals surface area contributed by atoms with Crippen molar-refractivity contribution in [2.24, 2.45) is 0 Å². The largest absolute Gasteiger partial charge is 0.338 e. The molecule has 2 amide bonds. The fraction of sp³-hybridized carbons (Fsp3) is 0.533. The van der Waals surface area contributed by atoms with Gasteiger partial charge in [-0.1, -0.05) is 39.0 Å². The number of urea groups is 1. The summed E-state index contributed by atoms with van der Waals surface area (Å²) in [6, 6.07) is 6.36. The van der Waals surface area contributed by atoms with E-state index in [9.17, 15) is 4.79 Å². The molecular formula is C15H24N2O. The standard InChI is InChI=1S/C15H24N2O/c1-5-8-16-15(18)17-10-14-9-13(11(2)3)7-6-12(14)4/h6-7,9,11H,5,8,10H2,1-4H3,(H2,16,17,18). The molecule has 0 bridgehead atoms. The average molecular weight is 248 g/mol. The maximum absolute atomic E-state index is 11.5. The summed E-state index contributed by atoms with van der Waals surface area (Å²) in [5.74, 6) is 0.512. The Balaban J connectivity index is 2.61. The molecule has 3 heteroatoms. The lowest BCUT2D eigenvalue weighted by Gasteiger charge is -2.12. The monoisotopic (exact) mass is 248 g/mol. The summed E-state index contributed by atoms with van der Waals surface area (Å²) < 4.78 is 0. The van der Waals surface area contributed by atoms with Crippen LogP contribution in [0.1, 0.15) is 49.8 Å². The van der Waals surface area contributed by atoms with Crippen LogP contribution in [0.5, 0.6) is 0 Å². The summed E-state index contributed by atoms with van der Waals surface area (Å²) in [6.07, 6.45) is 0.954. The van der Waals surface area contributed by atoms with Gasteiger partial charge in [-0.05, 0) is 36.0 Å². The smallest absolute Gasteiger partial charge is 0.315 e. The fourth-order valence-electron chi connectivity index (χ4n) is 1.72. The summed E-state index contributed by atoms with van der Waals surface area (Å²) in [5, 5.41) is 5.70. The lowest BCUT2D eigenvalue weighted by atomic mass is 9.98. The number of rotatable bonds is 5. The third-order valence-corrected chi connectivity index (χ3v) is 3.01. The van der Waals surface area contributed by atoms with Gasteiger partial charge in [0.05, 0.1) is 0 Å². The average Bonchev–Trinajstić information content (AvgIpc) is 2.35. The van der Waals surface area contributed by atoms with Gasteiger partial charge in [0.15, 0.2) is 0 Å². The van der Waals surface area contributed by atoms with Crippen LogP contribution in [0.2, 0.25) is 0 Å². The molecule has 0 unspecified atom stereocenters. The van der Waals surface area contributed by atoms with E-state index >= 15 is 0 Å². The number of carbonyl (C=O) groups is 1. The third-order valence-electron chi connectivity index (χ3n) is 3.01. The Morgan fingerprint density at radius 2 is 2.00 bits per heavy atom. The molecule has 0 aliphatic heterocycles. The van der Waals surface area contributed by atoms with E-state index in [2.05, 4.69) is 49.6 Å². The van der Waals surface area contributed by atoms with Gasteiger partial charge in [0.25, 0.3) is 0 Å². The Morgan fingerprint density at radius 3 is 2.61 bits per heavy atom. The molecule has 1 rings (SSSR count). The number of hydrogen-bond acceptors (Lipinski definition) is 1. The molecule has 0 saturated heterocycles. The van der Waals surface area contributed by atoms with E-state index in [0.717, 1.165) is 13.0 Å². The van der Waals surface area contributed by atoms with Gasteiger partial charge in [0.1, 0.15) is 0 Å². The highest BCUT2D eigenvalue weighted by Crippen LogP contribution is 2.18. The topological polar surface area (TPSA) is 41.1 Å². The highest BCUT2D eigenvalue weighted by atomic mass is 16.2. The molecule has 0 spiro atoms. The van der Waals surface area contributed by atoms with Crippen LogP contribution in [0.4, 0.5) is 4.79 Å². The molecule has 0 fully saturated rings. The molecule has 0 atom stereocenters. The Morgan fingerprint density at radius 1 is 1.28 bits per heavy atom. The maximum Gasteiger partial charge on any atom is 0.315 e. The summed E-state index contributed by atoms with van der Waals surface area (Å²) in [4.78, 5) is 11.5. The fourth-order valence-corrected chi connectivity index (χ4v) is 1.72. The van der Waals surface area contributed by atoms with E-state index in [4.69, 9.17) is 0 Å². The number of hydrogen-bond donors (Lipinski definition) is 2. The van der Waals surface area contributed by atoms with Crippen LogP contribution < -0.4 is 10.6 Å². The SMILES string of the molecule is CCCNC(=O)NCc1cc(C(C)C)ccc1C. The molecule has 2 N–H and O–H groups in total. The molecule has 18 heavy (non-hydrogen) atoms. The Bertz CT molecular complexity index is 399. The molecular weight excluding hydrogens is 224 g/mol. The van der Waals surface area contributed by atoms with Crippen molar-refractivity contribution >= 4 is 6.03 Å². The molecule has 0 saturated carbocycles. The second kappa shape index (κ2) is 7.04. The van der Waals surface area contributed by atoms with E-state index < -0.39 is 0 Å². The molecule has 3 nitrogen and oxygen atoms in total. The molecule has 0 aliphatic rings. The van der Waals surface area contributed by atoms with Crippen molar-refractivity contribution in [3.8, 4) is 0 Å². The van der Waals surface area contributed by atoms with Crippen molar-refractivity contribution < 1.29 is 4.79 Å². The number of carbonyl (C=O) groups excluding carboxylic acids is 1. The first-order valence-electron chi connectivity index (χ1n) is 6.65. The van der Waals surface area contributed by atoms with Crippen LogP contribution in [-0.2, 0) is 6.54 Å². The molecule has 0 heterocycles. The number of amides is 2. The van der Waals surface area contributed by atoms with E-state index in [1.807, 2.05) is 6.92 Å². The maximum atomic E-state index is 11.5. The van der Waals surface area contributed by atoms with Gasteiger partial charge < -0.3 is 10.6 Å². The van der Waals surface area contributed by atoms with Gasteiger partial charge >= 0.3 is 6.03 Å². The lowest BCUT2D eigenvalue weighted by molar-refractivity contribution is 0.240. The van der Waals surface area contributed by atoms with E-state index in [1.165, 1.54) is 16.7 Å². The third kappa shape index (κ3) is 4.40. The van der Waals surface area contributed by atoms with Crippen LogP contribution in [0.25, 0.3) is 0 Å². The highest BCUT2D eigenvalue weighted by molar-refractivity contribution is 5.73. The van der Waals surface area contributed by atoms with Gasteiger partial charge in [-0.3, -0.25) is 0 Å². The van der Waals surface area contributed by atoms with Gasteiger partial charge in [-0.2, -0.15) is 0 Å². The van der Waals surface area contributed by atoms with Crippen molar-refractivity contribution in [1.82, 2.24) is 10.6 Å². The molecule has 0 radical (unpaired) electrons. The minimum Gasteiger partial charge on any atom is -0.338 e. The normalized spacial score (nSPS) is 10.5. The second-order valence-electron chi connectivity index (χ2n) is 4.95. The Hall–Kier alpha value is -1.51. The number of benzene rings is 1. The summed E-state index contributed by atoms with van der Waals surface area (Å²) >= 11 is 0. The van der Waals surface area contributed by atoms with Crippen molar-refractivity contribution in [3.63, 3.8) is 0 Å². The van der Waals surface area contributed by atoms with Crippen LogP contribution in [0.15, 0.2) is 18.2 Å². The van der Waals surface area contributed by atoms with Crippen LogP contribution in [0.3, 0.4) is 0 Å². The number of nitrogens with one attached hydrogen (secondary N) is 2. The lowest BCUT2D eigenvalue weighted by Crippen LogP contribution is -2.35. The summed E-state index contributed by atoms with van der Waals surface area (Å²) in [6.45, 7) is 9.77. The van der Waals surface area contributed by atoms with E-state index in [1.54, 1.807) is 0 Å². The van der Waals surface area contributed by atoms with Crippen molar-refractivity contribution in [2.75, 3.05) is 6.54 Å². The minimum atomic E-state index is -0.0915. The molecule has 100 valence electrons. The predicted molar refractivity (Wildman–Crippen MR) is 75.8 cm³/mol. The first-order chi connectivity index (χ1) is 8.54. The number of aryl methyl sites for hydroxylation is 1. The second-order valence-corrected chi connectivity index (χ2v) is 4.95. The van der Waals surface area contributed by atoms with Crippen molar-refractivity contribution in [3.05, 3.63) is 34.9 Å². The van der Waals surface area contributed by atoms with Crippen LogP contribution in [-0.4, -0.2) is 12.6 Å². The van der Waals surface area contributed by atoms with Gasteiger partial charge in [0.2, 0.25) is 0 Å². The Labute approximate surface area is 110 Å². The van der Waals surface area contributed by atoms with E-state index in [0.29, 0.717) is 12.5 Å². The quantitative estimate of drug-likeness (QED) is 0.824. The molecule has 0 aromatic heterocycles. The zero-order chi connectivity index (χ0) is 13.5. The highest BCUT2D eigenvalue weighted by Gasteiger charge is 2.05. The summed E-state index contributed by atoms with van der Waals surface area (Å²) in [7, 11) is 0. The van der Waals surface area contributed by atoms with Crippen LogP contribution in [0, 0.1) is 6.92 Å². The zero-order valence-electron chi connectivity index (χ0n) is 11.8. The van der Waals surface area contributed by atoms with Gasteiger partial charge in [-0.15, -0.1) is 0 Å². The Kier molecular flexibility index (Phi) is 5.69. The van der Waals surface area contributed by atoms with Gasteiger partial charge in [-0.25, -0.2) is 4.79 Å². The molecule has 1 aromatic rings. The van der Waals surface area contributed by atoms with Gasteiger partial charge in [0, 0.05) is 13.1 Å². The van der Waals surface area contributed by atoms with Crippen molar-refractivity contribution in [1.29, 1.82) is 0 Å². The van der Waals surface area contributed by atoms with Crippen LogP contribution >= 0.6 is 0 Å². The predicted octanol–water partition coefficient (Wildman–Crippen LogP) is 3.33. The first-order valence-corrected chi connectivity index (χ1v) is 6.65. The van der Waals surface area contributed by atoms with E-state index in [-0.39, 0.29) is 6.03 Å². The zero-order valence-corrected chi connectivity index (χ0v) is 11.8.